The molecule has 1 aromatic heterocycles. The molecule has 0 aliphatic heterocycles. The second-order valence-electron chi connectivity index (χ2n) is 6.59. The molecule has 0 saturated heterocycles. The average Bonchev–Trinajstić information content (AvgIpc) is 3.02. The highest BCUT2D eigenvalue weighted by Crippen LogP contribution is 2.35. The van der Waals surface area contributed by atoms with Crippen molar-refractivity contribution in [1.29, 1.82) is 0 Å². The zero-order valence-corrected chi connectivity index (χ0v) is 19.4. The molecule has 2 aromatic rings. The molecule has 0 radical (unpaired) electrons. The number of hydrogen-bond acceptors (Lipinski definition) is 5. The van der Waals surface area contributed by atoms with E-state index in [4.69, 9.17) is 23.8 Å². The van der Waals surface area contributed by atoms with E-state index in [0.29, 0.717) is 29.2 Å². The second kappa shape index (κ2) is 11.1. The minimum Gasteiger partial charge on any atom is -0.387 e. The van der Waals surface area contributed by atoms with Crippen molar-refractivity contribution in [2.24, 2.45) is 0 Å². The van der Waals surface area contributed by atoms with E-state index in [1.165, 1.54) is 11.3 Å². The Morgan fingerprint density at radius 1 is 1.38 bits per heavy atom. The van der Waals surface area contributed by atoms with Crippen LogP contribution in [0.4, 0.5) is 0 Å². The highest BCUT2D eigenvalue weighted by atomic mass is 35.5. The van der Waals surface area contributed by atoms with Crippen molar-refractivity contribution < 1.29 is 9.90 Å². The number of carbonyl (C=O) groups is 1. The first kappa shape index (κ1) is 23.9. The van der Waals surface area contributed by atoms with Gasteiger partial charge in [-0.25, -0.2) is 0 Å². The standard InChI is InChI=1S/C21H25ClN2O2S3/c1-4-11-21(26,12-5-2)16(10-13-28-3)23-20(27)24-19(25)18-17(22)14-8-6-7-9-15(14)29-18/h4-9,16,26H,1-2,10-13H2,3H3,(H2,23,24,25,27)/t16-/m1/s1. The van der Waals surface area contributed by atoms with Gasteiger partial charge in [-0.15, -0.1) is 24.5 Å². The van der Waals surface area contributed by atoms with Gasteiger partial charge in [0.05, 0.1) is 16.7 Å². The van der Waals surface area contributed by atoms with E-state index in [9.17, 15) is 9.90 Å². The van der Waals surface area contributed by atoms with Crippen LogP contribution in [0, 0.1) is 0 Å². The number of nitrogens with one attached hydrogen (secondary N) is 2. The average molecular weight is 469 g/mol. The summed E-state index contributed by atoms with van der Waals surface area (Å²) < 4.78 is 0.936. The number of hydrogen-bond donors (Lipinski definition) is 3. The Hall–Kier alpha value is -1.38. The fourth-order valence-corrected chi connectivity index (χ4v) is 5.21. The van der Waals surface area contributed by atoms with Crippen molar-refractivity contribution in [3.8, 4) is 0 Å². The number of carbonyl (C=O) groups excluding carboxylic acids is 1. The molecule has 1 aromatic carbocycles. The lowest BCUT2D eigenvalue weighted by Crippen LogP contribution is -2.55. The van der Waals surface area contributed by atoms with E-state index in [0.717, 1.165) is 15.8 Å². The van der Waals surface area contributed by atoms with Gasteiger partial charge in [0, 0.05) is 10.1 Å². The van der Waals surface area contributed by atoms with Crippen LogP contribution in [0.3, 0.4) is 0 Å². The van der Waals surface area contributed by atoms with Gasteiger partial charge >= 0.3 is 0 Å². The van der Waals surface area contributed by atoms with Crippen molar-refractivity contribution in [2.75, 3.05) is 12.0 Å². The number of thiocarbonyl (C=S) groups is 1. The molecule has 0 fully saturated rings. The molecule has 0 unspecified atom stereocenters. The van der Waals surface area contributed by atoms with E-state index in [1.54, 1.807) is 23.9 Å². The van der Waals surface area contributed by atoms with Crippen molar-refractivity contribution in [1.82, 2.24) is 10.6 Å². The van der Waals surface area contributed by atoms with Crippen LogP contribution in [0.25, 0.3) is 10.1 Å². The van der Waals surface area contributed by atoms with Crippen LogP contribution in [-0.4, -0.2) is 39.8 Å². The van der Waals surface area contributed by atoms with E-state index >= 15 is 0 Å². The molecule has 156 valence electrons. The van der Waals surface area contributed by atoms with Gasteiger partial charge < -0.3 is 10.4 Å². The molecule has 29 heavy (non-hydrogen) atoms. The SMILES string of the molecule is C=CCC(O)(CC=C)[C@@H](CCSC)NC(=S)NC(=O)c1sc2ccccc2c1Cl. The van der Waals surface area contributed by atoms with Gasteiger partial charge in [0.1, 0.15) is 4.88 Å². The number of thioether (sulfide) groups is 1. The van der Waals surface area contributed by atoms with Crippen molar-refractivity contribution in [3.05, 3.63) is 59.5 Å². The monoisotopic (exact) mass is 468 g/mol. The lowest BCUT2D eigenvalue weighted by atomic mass is 9.85. The first-order valence-corrected chi connectivity index (χ1v) is 12.1. The largest absolute Gasteiger partial charge is 0.387 e. The van der Waals surface area contributed by atoms with Crippen LogP contribution in [0.15, 0.2) is 49.6 Å². The van der Waals surface area contributed by atoms with Crippen LogP contribution in [0.1, 0.15) is 28.9 Å². The Bertz CT molecular complexity index is 887. The molecule has 0 saturated carbocycles. The predicted octanol–water partition coefficient (Wildman–Crippen LogP) is 5.16. The number of amides is 1. The van der Waals surface area contributed by atoms with E-state index in [-0.39, 0.29) is 17.1 Å². The predicted molar refractivity (Wildman–Crippen MR) is 131 cm³/mol. The summed E-state index contributed by atoms with van der Waals surface area (Å²) in [6, 6.07) is 7.22. The summed E-state index contributed by atoms with van der Waals surface area (Å²) in [6.45, 7) is 7.49. The van der Waals surface area contributed by atoms with Crippen LogP contribution in [-0.2, 0) is 0 Å². The number of halogens is 1. The van der Waals surface area contributed by atoms with Gasteiger partial charge in [-0.1, -0.05) is 42.0 Å². The molecular weight excluding hydrogens is 444 g/mol. The Balaban J connectivity index is 2.15. The Kier molecular flexibility index (Phi) is 9.17. The molecule has 2 rings (SSSR count). The molecule has 0 aliphatic carbocycles. The fourth-order valence-electron chi connectivity index (χ4n) is 3.09. The third kappa shape index (κ3) is 6.06. The fraction of sp³-hybridized carbons (Fsp3) is 0.333. The normalized spacial score (nSPS) is 12.4. The van der Waals surface area contributed by atoms with Gasteiger partial charge in [0.25, 0.3) is 5.91 Å². The van der Waals surface area contributed by atoms with Crippen LogP contribution in [0.2, 0.25) is 5.02 Å². The van der Waals surface area contributed by atoms with Gasteiger partial charge in [0.15, 0.2) is 5.11 Å². The van der Waals surface area contributed by atoms with E-state index in [2.05, 4.69) is 23.8 Å². The van der Waals surface area contributed by atoms with Crippen molar-refractivity contribution >= 4 is 68.0 Å². The lowest BCUT2D eigenvalue weighted by molar-refractivity contribution is 0.0120. The number of rotatable bonds is 10. The van der Waals surface area contributed by atoms with E-state index in [1.807, 2.05) is 30.5 Å². The molecule has 4 nitrogen and oxygen atoms in total. The summed E-state index contributed by atoms with van der Waals surface area (Å²) in [4.78, 5) is 13.1. The molecule has 3 N–H and O–H groups in total. The minimum absolute atomic E-state index is 0.154. The summed E-state index contributed by atoms with van der Waals surface area (Å²) in [7, 11) is 0. The molecule has 0 spiro atoms. The molecule has 1 heterocycles. The second-order valence-corrected chi connectivity index (χ2v) is 9.42. The van der Waals surface area contributed by atoms with Crippen LogP contribution < -0.4 is 10.6 Å². The molecule has 1 amide bonds. The molecular formula is C21H25ClN2O2S3. The maximum absolute atomic E-state index is 12.7. The summed E-state index contributed by atoms with van der Waals surface area (Å²) >= 11 is 14.7. The van der Waals surface area contributed by atoms with Crippen molar-refractivity contribution in [2.45, 2.75) is 30.9 Å². The summed E-state index contributed by atoms with van der Waals surface area (Å²) in [6.07, 6.45) is 6.78. The molecule has 8 heteroatoms. The molecule has 1 atom stereocenters. The topological polar surface area (TPSA) is 61.4 Å². The van der Waals surface area contributed by atoms with Gasteiger partial charge in [0.2, 0.25) is 0 Å². The quantitative estimate of drug-likeness (QED) is 0.332. The number of aliphatic hydroxyl groups is 1. The lowest BCUT2D eigenvalue weighted by Gasteiger charge is -2.36. The minimum atomic E-state index is -1.09. The van der Waals surface area contributed by atoms with Gasteiger partial charge in [-0.05, 0) is 49.6 Å². The maximum atomic E-state index is 12.7. The zero-order valence-electron chi connectivity index (χ0n) is 16.2. The smallest absolute Gasteiger partial charge is 0.269 e. The maximum Gasteiger partial charge on any atom is 0.269 e. The number of benzene rings is 1. The zero-order chi connectivity index (χ0) is 21.4. The Labute approximate surface area is 190 Å². The summed E-state index contributed by atoms with van der Waals surface area (Å²) in [5, 5.41) is 18.4. The number of thiophene rings is 1. The van der Waals surface area contributed by atoms with Crippen LogP contribution >= 0.6 is 46.9 Å². The third-order valence-electron chi connectivity index (χ3n) is 4.53. The number of fused-ring (bicyclic) bond motifs is 1. The van der Waals surface area contributed by atoms with Gasteiger partial charge in [-0.3, -0.25) is 10.1 Å². The molecule has 0 bridgehead atoms. The molecule has 0 aliphatic rings. The Morgan fingerprint density at radius 2 is 2.03 bits per heavy atom. The summed E-state index contributed by atoms with van der Waals surface area (Å²) in [5.41, 5.74) is -1.09. The first-order valence-electron chi connectivity index (χ1n) is 9.08. The highest BCUT2D eigenvalue weighted by molar-refractivity contribution is 7.98. The summed E-state index contributed by atoms with van der Waals surface area (Å²) in [5.74, 6) is 0.459. The first-order chi connectivity index (χ1) is 13.9. The highest BCUT2D eigenvalue weighted by Gasteiger charge is 2.35. The van der Waals surface area contributed by atoms with Crippen molar-refractivity contribution in [3.63, 3.8) is 0 Å². The van der Waals surface area contributed by atoms with Crippen LogP contribution in [0.5, 0.6) is 0 Å². The van der Waals surface area contributed by atoms with Gasteiger partial charge in [-0.2, -0.15) is 11.8 Å². The van der Waals surface area contributed by atoms with E-state index < -0.39 is 5.60 Å². The Morgan fingerprint density at radius 3 is 2.62 bits per heavy atom. The third-order valence-corrected chi connectivity index (χ3v) is 7.07.